The van der Waals surface area contributed by atoms with Gasteiger partial charge in [0.25, 0.3) is 11.8 Å². The maximum Gasteiger partial charge on any atom is 0.339 e. The summed E-state index contributed by atoms with van der Waals surface area (Å²) in [5.41, 5.74) is 1.70. The van der Waals surface area contributed by atoms with E-state index < -0.39 is 28.0 Å². The quantitative estimate of drug-likeness (QED) is 0.307. The zero-order valence-electron chi connectivity index (χ0n) is 19.6. The number of imide groups is 2. The molecular formula is C26H22N2O7S. The van der Waals surface area contributed by atoms with Gasteiger partial charge < -0.3 is 8.92 Å². The molecule has 9 nitrogen and oxygen atoms in total. The summed E-state index contributed by atoms with van der Waals surface area (Å²) in [5, 5.41) is 2.14. The molecule has 4 rings (SSSR count). The molecule has 0 radical (unpaired) electrons. The Morgan fingerprint density at radius 1 is 0.889 bits per heavy atom. The van der Waals surface area contributed by atoms with Gasteiger partial charge in [0, 0.05) is 11.6 Å². The van der Waals surface area contributed by atoms with Crippen LogP contribution in [-0.4, -0.2) is 33.4 Å². The molecule has 0 spiro atoms. The Labute approximate surface area is 208 Å². The van der Waals surface area contributed by atoms with Crippen LogP contribution >= 0.6 is 0 Å². The lowest BCUT2D eigenvalue weighted by molar-refractivity contribution is -0.122. The number of methoxy groups -OCH3 is 1. The molecule has 4 amide bonds. The maximum absolute atomic E-state index is 13.2. The third-order valence-corrected chi connectivity index (χ3v) is 6.64. The van der Waals surface area contributed by atoms with Gasteiger partial charge in [0.2, 0.25) is 0 Å². The Kier molecular flexibility index (Phi) is 6.63. The van der Waals surface area contributed by atoms with E-state index in [1.807, 2.05) is 6.92 Å². The molecule has 3 aromatic rings. The first-order chi connectivity index (χ1) is 17.1. The number of rotatable bonds is 6. The fourth-order valence-corrected chi connectivity index (χ4v) is 4.47. The Hall–Kier alpha value is -4.44. The molecule has 1 aliphatic heterocycles. The van der Waals surface area contributed by atoms with E-state index in [1.54, 1.807) is 43.3 Å². The minimum atomic E-state index is -4.25. The highest BCUT2D eigenvalue weighted by molar-refractivity contribution is 7.87. The van der Waals surface area contributed by atoms with Gasteiger partial charge in [-0.1, -0.05) is 29.8 Å². The molecule has 0 aromatic heterocycles. The predicted octanol–water partition coefficient (Wildman–Crippen LogP) is 3.75. The number of amides is 4. The SMILES string of the molecule is COc1ccc(/C=C2\C(=O)NC(=O)N(c3cccc(C)c3)C2=O)c(OS(=O)(=O)c2ccc(C)cc2)c1. The van der Waals surface area contributed by atoms with E-state index in [9.17, 15) is 22.8 Å². The van der Waals surface area contributed by atoms with E-state index in [0.29, 0.717) is 5.75 Å². The summed E-state index contributed by atoms with van der Waals surface area (Å²) in [7, 11) is -2.85. The van der Waals surface area contributed by atoms with Crippen LogP contribution in [0.15, 0.2) is 77.2 Å². The summed E-state index contributed by atoms with van der Waals surface area (Å²) < 4.78 is 36.4. The van der Waals surface area contributed by atoms with Crippen molar-refractivity contribution >= 4 is 39.7 Å². The highest BCUT2D eigenvalue weighted by Gasteiger charge is 2.37. The molecule has 0 atom stereocenters. The molecule has 1 N–H and O–H groups in total. The van der Waals surface area contributed by atoms with Crippen LogP contribution in [0, 0.1) is 13.8 Å². The van der Waals surface area contributed by atoms with Crippen LogP contribution in [0.1, 0.15) is 16.7 Å². The van der Waals surface area contributed by atoms with Crippen LogP contribution in [0.2, 0.25) is 0 Å². The van der Waals surface area contributed by atoms with Crippen LogP contribution in [0.4, 0.5) is 10.5 Å². The lowest BCUT2D eigenvalue weighted by Crippen LogP contribution is -2.54. The average molecular weight is 507 g/mol. The summed E-state index contributed by atoms with van der Waals surface area (Å²) >= 11 is 0. The first kappa shape index (κ1) is 24.7. The first-order valence-corrected chi connectivity index (χ1v) is 12.2. The van der Waals surface area contributed by atoms with E-state index in [1.165, 1.54) is 43.5 Å². The number of carbonyl (C=O) groups excluding carboxylic acids is 3. The summed E-state index contributed by atoms with van der Waals surface area (Å²) in [6.45, 7) is 3.62. The summed E-state index contributed by atoms with van der Waals surface area (Å²) in [6.07, 6.45) is 1.17. The van der Waals surface area contributed by atoms with Gasteiger partial charge in [-0.3, -0.25) is 14.9 Å². The van der Waals surface area contributed by atoms with Gasteiger partial charge in [-0.25, -0.2) is 9.69 Å². The molecule has 0 aliphatic carbocycles. The predicted molar refractivity (Wildman–Crippen MR) is 132 cm³/mol. The van der Waals surface area contributed by atoms with Gasteiger partial charge in [-0.2, -0.15) is 8.42 Å². The maximum atomic E-state index is 13.2. The van der Waals surface area contributed by atoms with Gasteiger partial charge in [0.15, 0.2) is 5.75 Å². The Balaban J connectivity index is 1.76. The molecule has 1 saturated heterocycles. The summed E-state index contributed by atoms with van der Waals surface area (Å²) in [6, 6.07) is 16.1. The number of ether oxygens (including phenoxy) is 1. The van der Waals surface area contributed by atoms with Crippen molar-refractivity contribution in [2.24, 2.45) is 0 Å². The fraction of sp³-hybridized carbons (Fsp3) is 0.115. The molecule has 0 bridgehead atoms. The summed E-state index contributed by atoms with van der Waals surface area (Å²) in [4.78, 5) is 39.1. The van der Waals surface area contributed by atoms with Gasteiger partial charge in [0.1, 0.15) is 16.2 Å². The van der Waals surface area contributed by atoms with Crippen LogP contribution in [-0.2, 0) is 19.7 Å². The number of aryl methyl sites for hydroxylation is 2. The Morgan fingerprint density at radius 2 is 1.61 bits per heavy atom. The second kappa shape index (κ2) is 9.67. The molecule has 3 aromatic carbocycles. The third-order valence-electron chi connectivity index (χ3n) is 5.39. The van der Waals surface area contributed by atoms with E-state index in [4.69, 9.17) is 8.92 Å². The van der Waals surface area contributed by atoms with Gasteiger partial charge >= 0.3 is 16.1 Å². The topological polar surface area (TPSA) is 119 Å². The number of hydrogen-bond donors (Lipinski definition) is 1. The monoisotopic (exact) mass is 506 g/mol. The fourth-order valence-electron chi connectivity index (χ4n) is 3.52. The average Bonchev–Trinajstić information content (AvgIpc) is 2.82. The van der Waals surface area contributed by atoms with Crippen molar-refractivity contribution in [3.05, 3.63) is 89.0 Å². The molecule has 10 heteroatoms. The number of benzene rings is 3. The molecule has 1 aliphatic rings. The van der Waals surface area contributed by atoms with Crippen molar-refractivity contribution in [3.63, 3.8) is 0 Å². The van der Waals surface area contributed by atoms with E-state index in [0.717, 1.165) is 16.0 Å². The Bertz CT molecular complexity index is 1510. The van der Waals surface area contributed by atoms with Crippen molar-refractivity contribution in [1.82, 2.24) is 5.32 Å². The standard InChI is InChI=1S/C26H22N2O7S/c1-16-7-11-21(12-8-16)36(32,33)35-23-15-20(34-3)10-9-18(23)14-22-24(29)27-26(31)28(25(22)30)19-6-4-5-17(2)13-19/h4-15H,1-3H3,(H,27,29,31)/b22-14+. The normalized spacial score (nSPS) is 15.1. The largest absolute Gasteiger partial charge is 0.497 e. The van der Waals surface area contributed by atoms with E-state index in [2.05, 4.69) is 5.32 Å². The molecule has 0 unspecified atom stereocenters. The van der Waals surface area contributed by atoms with E-state index >= 15 is 0 Å². The first-order valence-electron chi connectivity index (χ1n) is 10.8. The minimum absolute atomic E-state index is 0.0720. The zero-order chi connectivity index (χ0) is 26.0. The third kappa shape index (κ3) is 4.98. The number of urea groups is 1. The molecule has 1 fully saturated rings. The van der Waals surface area contributed by atoms with Crippen molar-refractivity contribution < 1.29 is 31.7 Å². The molecule has 0 saturated carbocycles. The second-order valence-electron chi connectivity index (χ2n) is 8.05. The smallest absolute Gasteiger partial charge is 0.339 e. The highest BCUT2D eigenvalue weighted by atomic mass is 32.2. The van der Waals surface area contributed by atoms with Crippen molar-refractivity contribution in [1.29, 1.82) is 0 Å². The van der Waals surface area contributed by atoms with E-state index in [-0.39, 0.29) is 27.5 Å². The summed E-state index contributed by atoms with van der Waals surface area (Å²) in [5.74, 6) is -1.65. The lowest BCUT2D eigenvalue weighted by Gasteiger charge is -2.26. The molecule has 36 heavy (non-hydrogen) atoms. The second-order valence-corrected chi connectivity index (χ2v) is 9.60. The number of nitrogens with one attached hydrogen (secondary N) is 1. The highest BCUT2D eigenvalue weighted by Crippen LogP contribution is 2.31. The van der Waals surface area contributed by atoms with Gasteiger partial charge in [0.05, 0.1) is 12.8 Å². The minimum Gasteiger partial charge on any atom is -0.497 e. The van der Waals surface area contributed by atoms with Gasteiger partial charge in [-0.15, -0.1) is 0 Å². The van der Waals surface area contributed by atoms with Crippen LogP contribution in [0.3, 0.4) is 0 Å². The van der Waals surface area contributed by atoms with Crippen molar-refractivity contribution in [3.8, 4) is 11.5 Å². The van der Waals surface area contributed by atoms with Crippen LogP contribution < -0.4 is 19.1 Å². The number of anilines is 1. The molecule has 184 valence electrons. The van der Waals surface area contributed by atoms with Crippen LogP contribution in [0.5, 0.6) is 11.5 Å². The van der Waals surface area contributed by atoms with Gasteiger partial charge in [-0.05, 0) is 61.9 Å². The number of hydrogen-bond acceptors (Lipinski definition) is 7. The zero-order valence-corrected chi connectivity index (χ0v) is 20.5. The number of carbonyl (C=O) groups is 3. The number of nitrogens with zero attached hydrogens (tertiary/aromatic N) is 1. The van der Waals surface area contributed by atoms with Crippen molar-refractivity contribution in [2.75, 3.05) is 12.0 Å². The Morgan fingerprint density at radius 3 is 2.28 bits per heavy atom. The van der Waals surface area contributed by atoms with Crippen LogP contribution in [0.25, 0.3) is 6.08 Å². The molecule has 1 heterocycles. The molecular weight excluding hydrogens is 484 g/mol. The lowest BCUT2D eigenvalue weighted by atomic mass is 10.1. The van der Waals surface area contributed by atoms with Crippen molar-refractivity contribution in [2.45, 2.75) is 18.7 Å². The number of barbiturate groups is 1.